The van der Waals surface area contributed by atoms with Gasteiger partial charge in [0.15, 0.2) is 0 Å². The SMILES string of the molecule is CC(C)C(NS(=O)(=O)Cc1cccc(C(F)(F)F)c1)C(=O)O. The van der Waals surface area contributed by atoms with E-state index in [-0.39, 0.29) is 5.56 Å². The van der Waals surface area contributed by atoms with Crippen molar-refractivity contribution >= 4 is 16.0 Å². The fourth-order valence-corrected chi connectivity index (χ4v) is 3.23. The van der Waals surface area contributed by atoms with Crippen LogP contribution in [0.25, 0.3) is 0 Å². The van der Waals surface area contributed by atoms with Crippen molar-refractivity contribution in [2.45, 2.75) is 31.8 Å². The van der Waals surface area contributed by atoms with Crippen molar-refractivity contribution in [1.29, 1.82) is 0 Å². The van der Waals surface area contributed by atoms with Gasteiger partial charge in [-0.3, -0.25) is 4.79 Å². The summed E-state index contributed by atoms with van der Waals surface area (Å²) in [6.07, 6.45) is -4.57. The fourth-order valence-electron chi connectivity index (χ4n) is 1.76. The van der Waals surface area contributed by atoms with E-state index in [9.17, 15) is 26.4 Å². The van der Waals surface area contributed by atoms with Gasteiger partial charge in [0.25, 0.3) is 0 Å². The second-order valence-electron chi connectivity index (χ2n) is 5.13. The highest BCUT2D eigenvalue weighted by molar-refractivity contribution is 7.88. The van der Waals surface area contributed by atoms with E-state index in [0.717, 1.165) is 18.2 Å². The monoisotopic (exact) mass is 339 g/mol. The first kappa shape index (κ1) is 18.4. The minimum atomic E-state index is -4.57. The average Bonchev–Trinajstić information content (AvgIpc) is 2.34. The van der Waals surface area contributed by atoms with E-state index in [1.165, 1.54) is 19.9 Å². The van der Waals surface area contributed by atoms with Crippen LogP contribution in [0.2, 0.25) is 0 Å². The lowest BCUT2D eigenvalue weighted by Gasteiger charge is -2.18. The number of sulfonamides is 1. The van der Waals surface area contributed by atoms with E-state index in [1.54, 1.807) is 0 Å². The van der Waals surface area contributed by atoms with Crippen molar-refractivity contribution in [2.24, 2.45) is 5.92 Å². The molecular weight excluding hydrogens is 323 g/mol. The molecule has 124 valence electrons. The summed E-state index contributed by atoms with van der Waals surface area (Å²) >= 11 is 0. The highest BCUT2D eigenvalue weighted by atomic mass is 32.2. The molecule has 0 amide bonds. The van der Waals surface area contributed by atoms with Gasteiger partial charge in [0.2, 0.25) is 10.0 Å². The molecule has 0 spiro atoms. The lowest BCUT2D eigenvalue weighted by Crippen LogP contribution is -2.44. The minimum Gasteiger partial charge on any atom is -0.480 e. The number of benzene rings is 1. The van der Waals surface area contributed by atoms with Crippen molar-refractivity contribution in [3.8, 4) is 0 Å². The molecule has 0 saturated carbocycles. The predicted octanol–water partition coefficient (Wildman–Crippen LogP) is 2.23. The molecule has 22 heavy (non-hydrogen) atoms. The Labute approximate surface area is 126 Å². The van der Waals surface area contributed by atoms with Gasteiger partial charge in [-0.05, 0) is 17.5 Å². The summed E-state index contributed by atoms with van der Waals surface area (Å²) in [5, 5.41) is 8.95. The highest BCUT2D eigenvalue weighted by Gasteiger charge is 2.31. The van der Waals surface area contributed by atoms with Gasteiger partial charge in [-0.2, -0.15) is 13.2 Å². The molecule has 1 rings (SSSR count). The standard InChI is InChI=1S/C13H16F3NO4S/c1-8(2)11(12(18)19)17-22(20,21)7-9-4-3-5-10(6-9)13(14,15)16/h3-6,8,11,17H,7H2,1-2H3,(H,18,19). The van der Waals surface area contributed by atoms with Crippen LogP contribution >= 0.6 is 0 Å². The Morgan fingerprint density at radius 1 is 1.32 bits per heavy atom. The Balaban J connectivity index is 2.96. The Hall–Kier alpha value is -1.61. The molecule has 1 atom stereocenters. The van der Waals surface area contributed by atoms with Crippen LogP contribution in [-0.4, -0.2) is 25.5 Å². The lowest BCUT2D eigenvalue weighted by molar-refractivity contribution is -0.140. The summed E-state index contributed by atoms with van der Waals surface area (Å²) in [6, 6.07) is 2.56. The fraction of sp³-hybridized carbons (Fsp3) is 0.462. The molecule has 0 saturated heterocycles. The normalized spacial score (nSPS) is 14.1. The molecular formula is C13H16F3NO4S. The summed E-state index contributed by atoms with van der Waals surface area (Å²) in [7, 11) is -4.08. The van der Waals surface area contributed by atoms with Crippen molar-refractivity contribution < 1.29 is 31.5 Å². The van der Waals surface area contributed by atoms with Crippen LogP contribution in [0.3, 0.4) is 0 Å². The van der Waals surface area contributed by atoms with Crippen molar-refractivity contribution in [3.63, 3.8) is 0 Å². The third-order valence-electron chi connectivity index (χ3n) is 2.85. The Morgan fingerprint density at radius 3 is 2.36 bits per heavy atom. The Morgan fingerprint density at radius 2 is 1.91 bits per heavy atom. The highest BCUT2D eigenvalue weighted by Crippen LogP contribution is 2.29. The number of carboxylic acid groups (broad SMARTS) is 1. The van der Waals surface area contributed by atoms with Crippen LogP contribution in [0.1, 0.15) is 25.0 Å². The number of halogens is 3. The zero-order valence-corrected chi connectivity index (χ0v) is 12.7. The summed E-state index contributed by atoms with van der Waals surface area (Å²) in [5.74, 6) is -2.58. The zero-order chi connectivity index (χ0) is 17.1. The molecule has 0 aliphatic heterocycles. The molecule has 0 aliphatic carbocycles. The quantitative estimate of drug-likeness (QED) is 0.832. The molecule has 0 aromatic heterocycles. The molecule has 0 radical (unpaired) electrons. The van der Waals surface area contributed by atoms with E-state index in [1.807, 2.05) is 4.72 Å². The van der Waals surface area contributed by atoms with Crippen LogP contribution in [0.5, 0.6) is 0 Å². The second kappa shape index (κ2) is 6.66. The molecule has 0 fully saturated rings. The zero-order valence-electron chi connectivity index (χ0n) is 11.9. The second-order valence-corrected chi connectivity index (χ2v) is 6.89. The summed E-state index contributed by atoms with van der Waals surface area (Å²) < 4.78 is 63.6. The first-order chi connectivity index (χ1) is 9.92. The third-order valence-corrected chi connectivity index (χ3v) is 4.18. The van der Waals surface area contributed by atoms with Gasteiger partial charge < -0.3 is 5.11 Å². The van der Waals surface area contributed by atoms with E-state index in [0.29, 0.717) is 0 Å². The van der Waals surface area contributed by atoms with Crippen LogP contribution in [0, 0.1) is 5.92 Å². The van der Waals surface area contributed by atoms with Gasteiger partial charge in [0.1, 0.15) is 6.04 Å². The maximum Gasteiger partial charge on any atom is 0.416 e. The average molecular weight is 339 g/mol. The number of aliphatic carboxylic acids is 1. The van der Waals surface area contributed by atoms with Crippen LogP contribution < -0.4 is 4.72 Å². The predicted molar refractivity (Wildman–Crippen MR) is 73.5 cm³/mol. The van der Waals surface area contributed by atoms with Crippen molar-refractivity contribution in [2.75, 3.05) is 0 Å². The molecule has 2 N–H and O–H groups in total. The number of carboxylic acids is 1. The summed E-state index contributed by atoms with van der Waals surface area (Å²) in [5.41, 5.74) is -1.03. The molecule has 1 aromatic rings. The van der Waals surface area contributed by atoms with E-state index in [4.69, 9.17) is 5.11 Å². The van der Waals surface area contributed by atoms with Crippen molar-refractivity contribution in [3.05, 3.63) is 35.4 Å². The van der Waals surface area contributed by atoms with Gasteiger partial charge in [-0.1, -0.05) is 32.0 Å². The number of nitrogens with one attached hydrogen (secondary N) is 1. The number of alkyl halides is 3. The molecule has 1 aromatic carbocycles. The van der Waals surface area contributed by atoms with E-state index >= 15 is 0 Å². The number of hydrogen-bond acceptors (Lipinski definition) is 3. The molecule has 1 unspecified atom stereocenters. The topological polar surface area (TPSA) is 83.5 Å². The van der Waals surface area contributed by atoms with Gasteiger partial charge in [0.05, 0.1) is 11.3 Å². The lowest BCUT2D eigenvalue weighted by atomic mass is 10.1. The molecule has 9 heteroatoms. The van der Waals surface area contributed by atoms with Crippen LogP contribution in [0.4, 0.5) is 13.2 Å². The number of rotatable bonds is 6. The minimum absolute atomic E-state index is 0.0739. The van der Waals surface area contributed by atoms with Crippen LogP contribution in [0.15, 0.2) is 24.3 Å². The summed E-state index contributed by atoms with van der Waals surface area (Å²) in [6.45, 7) is 3.04. The molecule has 5 nitrogen and oxygen atoms in total. The van der Waals surface area contributed by atoms with Gasteiger partial charge in [-0.15, -0.1) is 0 Å². The Bertz CT molecular complexity index is 641. The molecule has 0 aliphatic rings. The summed E-state index contributed by atoms with van der Waals surface area (Å²) in [4.78, 5) is 11.0. The van der Waals surface area contributed by atoms with E-state index in [2.05, 4.69) is 0 Å². The van der Waals surface area contributed by atoms with Crippen LogP contribution in [-0.2, 0) is 26.7 Å². The molecule has 0 bridgehead atoms. The maximum atomic E-state index is 12.6. The Kier molecular flexibility index (Phi) is 5.58. The van der Waals surface area contributed by atoms with E-state index < -0.39 is 45.4 Å². The van der Waals surface area contributed by atoms with Crippen molar-refractivity contribution in [1.82, 2.24) is 4.72 Å². The molecule has 0 heterocycles. The van der Waals surface area contributed by atoms with Gasteiger partial charge >= 0.3 is 12.1 Å². The number of carbonyl (C=O) groups is 1. The van der Waals surface area contributed by atoms with Gasteiger partial charge in [-0.25, -0.2) is 13.1 Å². The maximum absolute atomic E-state index is 12.6. The first-order valence-corrected chi connectivity index (χ1v) is 7.96. The first-order valence-electron chi connectivity index (χ1n) is 6.31. The van der Waals surface area contributed by atoms with Gasteiger partial charge in [0, 0.05) is 0 Å². The number of hydrogen-bond donors (Lipinski definition) is 2. The smallest absolute Gasteiger partial charge is 0.416 e. The largest absolute Gasteiger partial charge is 0.480 e. The third kappa shape index (κ3) is 5.30.